The van der Waals surface area contributed by atoms with Gasteiger partial charge in [0, 0.05) is 32.0 Å². The molecule has 0 bridgehead atoms. The van der Waals surface area contributed by atoms with E-state index >= 15 is 0 Å². The molecule has 2 heterocycles. The maximum atomic E-state index is 11.7. The Morgan fingerprint density at radius 3 is 3.25 bits per heavy atom. The lowest BCUT2D eigenvalue weighted by atomic mass is 10.3. The molecule has 1 atom stereocenters. The minimum Gasteiger partial charge on any atom is -0.366 e. The molecule has 1 aromatic rings. The summed E-state index contributed by atoms with van der Waals surface area (Å²) in [6, 6.07) is 3.94. The lowest BCUT2D eigenvalue weighted by Crippen LogP contribution is -2.47. The fourth-order valence-electron chi connectivity index (χ4n) is 1.71. The first-order valence-electron chi connectivity index (χ1n) is 5.47. The van der Waals surface area contributed by atoms with E-state index in [-0.39, 0.29) is 12.0 Å². The van der Waals surface area contributed by atoms with Gasteiger partial charge in [-0.25, -0.2) is 0 Å². The zero-order valence-electron chi connectivity index (χ0n) is 9.40. The van der Waals surface area contributed by atoms with E-state index in [2.05, 4.69) is 10.6 Å². The van der Waals surface area contributed by atoms with Crippen LogP contribution < -0.4 is 10.6 Å². The Bertz CT molecular complexity index is 356. The summed E-state index contributed by atoms with van der Waals surface area (Å²) in [6.07, 6.45) is 1.61. The summed E-state index contributed by atoms with van der Waals surface area (Å²) in [5.41, 5.74) is 1.08. The molecule has 1 unspecified atom stereocenters. The first-order valence-corrected chi connectivity index (χ1v) is 5.47. The average molecular weight is 223 g/mol. The minimum atomic E-state index is -0.353. The Morgan fingerprint density at radius 2 is 2.62 bits per heavy atom. The van der Waals surface area contributed by atoms with E-state index in [1.165, 1.54) is 0 Å². The van der Waals surface area contributed by atoms with Crippen LogP contribution in [-0.2, 0) is 23.1 Å². The molecule has 2 rings (SSSR count). The second kappa shape index (κ2) is 5.14. The van der Waals surface area contributed by atoms with Crippen LogP contribution in [0.1, 0.15) is 5.69 Å². The number of morpholine rings is 1. The van der Waals surface area contributed by atoms with E-state index < -0.39 is 0 Å². The summed E-state index contributed by atoms with van der Waals surface area (Å²) in [5, 5.41) is 6.00. The van der Waals surface area contributed by atoms with E-state index in [0.717, 1.165) is 12.2 Å². The third kappa shape index (κ3) is 2.62. The van der Waals surface area contributed by atoms with Gasteiger partial charge in [0.05, 0.1) is 13.2 Å². The van der Waals surface area contributed by atoms with Crippen molar-refractivity contribution in [3.63, 3.8) is 0 Å². The number of hydrogen-bond donors (Lipinski definition) is 2. The van der Waals surface area contributed by atoms with Crippen molar-refractivity contribution in [1.82, 2.24) is 15.2 Å². The van der Waals surface area contributed by atoms with Crippen molar-refractivity contribution in [3.8, 4) is 0 Å². The highest BCUT2D eigenvalue weighted by molar-refractivity contribution is 5.81. The van der Waals surface area contributed by atoms with Crippen molar-refractivity contribution < 1.29 is 9.53 Å². The van der Waals surface area contributed by atoms with Crippen molar-refractivity contribution in [2.24, 2.45) is 7.05 Å². The molecule has 16 heavy (non-hydrogen) atoms. The number of rotatable bonds is 3. The lowest BCUT2D eigenvalue weighted by Gasteiger charge is -2.22. The van der Waals surface area contributed by atoms with Gasteiger partial charge in [0.1, 0.15) is 6.10 Å². The van der Waals surface area contributed by atoms with Crippen LogP contribution in [0, 0.1) is 0 Å². The zero-order valence-corrected chi connectivity index (χ0v) is 9.40. The quantitative estimate of drug-likeness (QED) is 0.735. The lowest BCUT2D eigenvalue weighted by molar-refractivity contribution is -0.134. The zero-order chi connectivity index (χ0) is 11.4. The Kier molecular flexibility index (Phi) is 3.58. The van der Waals surface area contributed by atoms with Gasteiger partial charge in [-0.15, -0.1) is 0 Å². The Balaban J connectivity index is 1.81. The maximum Gasteiger partial charge on any atom is 0.250 e. The number of carbonyl (C=O) groups is 1. The van der Waals surface area contributed by atoms with Gasteiger partial charge in [-0.05, 0) is 12.1 Å². The standard InChI is InChI=1S/C11H17N3O2/c1-14-5-2-3-9(14)7-13-11(15)10-8-12-4-6-16-10/h2-3,5,10,12H,4,6-8H2,1H3,(H,13,15). The monoisotopic (exact) mass is 223 g/mol. The normalized spacial score (nSPS) is 20.7. The molecule has 0 aliphatic carbocycles. The van der Waals surface area contributed by atoms with Gasteiger partial charge < -0.3 is 19.9 Å². The molecule has 1 aliphatic rings. The number of aryl methyl sites for hydroxylation is 1. The summed E-state index contributed by atoms with van der Waals surface area (Å²) in [6.45, 7) is 2.56. The molecule has 0 spiro atoms. The van der Waals surface area contributed by atoms with Crippen LogP contribution in [0.2, 0.25) is 0 Å². The number of nitrogens with zero attached hydrogens (tertiary/aromatic N) is 1. The number of hydrogen-bond acceptors (Lipinski definition) is 3. The molecular weight excluding hydrogens is 206 g/mol. The fraction of sp³-hybridized carbons (Fsp3) is 0.545. The van der Waals surface area contributed by atoms with Gasteiger partial charge in [0.2, 0.25) is 0 Å². The molecule has 1 fully saturated rings. The number of amides is 1. The minimum absolute atomic E-state index is 0.0478. The van der Waals surface area contributed by atoms with Gasteiger partial charge in [0.25, 0.3) is 5.91 Å². The molecule has 5 nitrogen and oxygen atoms in total. The highest BCUT2D eigenvalue weighted by Crippen LogP contribution is 2.00. The molecule has 1 saturated heterocycles. The highest BCUT2D eigenvalue weighted by Gasteiger charge is 2.21. The third-order valence-electron chi connectivity index (χ3n) is 2.72. The fourth-order valence-corrected chi connectivity index (χ4v) is 1.71. The summed E-state index contributed by atoms with van der Waals surface area (Å²) < 4.78 is 7.34. The molecule has 0 aromatic carbocycles. The summed E-state index contributed by atoms with van der Waals surface area (Å²) in [4.78, 5) is 11.7. The van der Waals surface area contributed by atoms with Crippen LogP contribution in [0.3, 0.4) is 0 Å². The van der Waals surface area contributed by atoms with E-state index in [1.54, 1.807) is 0 Å². The van der Waals surface area contributed by atoms with Crippen LogP contribution >= 0.6 is 0 Å². The number of carbonyl (C=O) groups excluding carboxylic acids is 1. The number of nitrogens with one attached hydrogen (secondary N) is 2. The Labute approximate surface area is 94.8 Å². The third-order valence-corrected chi connectivity index (χ3v) is 2.72. The smallest absolute Gasteiger partial charge is 0.250 e. The molecule has 0 radical (unpaired) electrons. The number of aromatic nitrogens is 1. The predicted molar refractivity (Wildman–Crippen MR) is 59.9 cm³/mol. The van der Waals surface area contributed by atoms with Gasteiger partial charge in [0.15, 0.2) is 0 Å². The van der Waals surface area contributed by atoms with Crippen LogP contribution in [0.25, 0.3) is 0 Å². The molecule has 0 saturated carbocycles. The molecule has 1 aromatic heterocycles. The van der Waals surface area contributed by atoms with E-state index in [4.69, 9.17) is 4.74 Å². The van der Waals surface area contributed by atoms with Gasteiger partial charge in [-0.3, -0.25) is 4.79 Å². The Morgan fingerprint density at radius 1 is 1.75 bits per heavy atom. The summed E-state index contributed by atoms with van der Waals surface area (Å²) in [5.74, 6) is -0.0478. The number of ether oxygens (including phenoxy) is 1. The molecule has 5 heteroatoms. The average Bonchev–Trinajstić information content (AvgIpc) is 2.73. The van der Waals surface area contributed by atoms with Crippen molar-refractivity contribution in [2.75, 3.05) is 19.7 Å². The molecule has 88 valence electrons. The molecule has 1 amide bonds. The van der Waals surface area contributed by atoms with Crippen LogP contribution in [0.5, 0.6) is 0 Å². The van der Waals surface area contributed by atoms with Crippen molar-refractivity contribution >= 4 is 5.91 Å². The van der Waals surface area contributed by atoms with Crippen LogP contribution in [0.4, 0.5) is 0 Å². The first kappa shape index (κ1) is 11.2. The summed E-state index contributed by atoms with van der Waals surface area (Å²) >= 11 is 0. The van der Waals surface area contributed by atoms with Gasteiger partial charge in [-0.1, -0.05) is 0 Å². The van der Waals surface area contributed by atoms with Crippen LogP contribution in [-0.4, -0.2) is 36.3 Å². The van der Waals surface area contributed by atoms with Crippen LogP contribution in [0.15, 0.2) is 18.3 Å². The molecular formula is C11H17N3O2. The largest absolute Gasteiger partial charge is 0.366 e. The second-order valence-corrected chi connectivity index (χ2v) is 3.89. The Hall–Kier alpha value is -1.33. The topological polar surface area (TPSA) is 55.3 Å². The van der Waals surface area contributed by atoms with Crippen molar-refractivity contribution in [3.05, 3.63) is 24.0 Å². The highest BCUT2D eigenvalue weighted by atomic mass is 16.5. The molecule has 1 aliphatic heterocycles. The van der Waals surface area contributed by atoms with Gasteiger partial charge >= 0.3 is 0 Å². The second-order valence-electron chi connectivity index (χ2n) is 3.89. The summed E-state index contributed by atoms with van der Waals surface area (Å²) in [7, 11) is 1.96. The predicted octanol–water partition coefficient (Wildman–Crippen LogP) is -0.370. The van der Waals surface area contributed by atoms with Crippen molar-refractivity contribution in [2.45, 2.75) is 12.6 Å². The maximum absolute atomic E-state index is 11.7. The first-order chi connectivity index (χ1) is 7.77. The van der Waals surface area contributed by atoms with Gasteiger partial charge in [-0.2, -0.15) is 0 Å². The van der Waals surface area contributed by atoms with E-state index in [0.29, 0.717) is 19.7 Å². The SMILES string of the molecule is Cn1cccc1CNC(=O)C1CNCCO1. The molecule has 2 N–H and O–H groups in total. The van der Waals surface area contributed by atoms with E-state index in [9.17, 15) is 4.79 Å². The van der Waals surface area contributed by atoms with E-state index in [1.807, 2.05) is 29.9 Å². The van der Waals surface area contributed by atoms with Crippen molar-refractivity contribution in [1.29, 1.82) is 0 Å².